The van der Waals surface area contributed by atoms with E-state index in [4.69, 9.17) is 4.74 Å². The fourth-order valence-corrected chi connectivity index (χ4v) is 4.74. The van der Waals surface area contributed by atoms with Gasteiger partial charge in [0.25, 0.3) is 5.91 Å². The average Bonchev–Trinajstić information content (AvgIpc) is 3.70. The maximum atomic E-state index is 14.5. The molecule has 1 aliphatic heterocycles. The van der Waals surface area contributed by atoms with Gasteiger partial charge in [-0.25, -0.2) is 13.6 Å². The molecule has 228 valence electrons. The first kappa shape index (κ1) is 31.0. The van der Waals surface area contributed by atoms with Gasteiger partial charge in [0.05, 0.1) is 11.4 Å². The van der Waals surface area contributed by atoms with Gasteiger partial charge in [0, 0.05) is 25.6 Å². The molecule has 42 heavy (non-hydrogen) atoms. The Kier molecular flexibility index (Phi) is 8.98. The molecule has 2 aromatic carbocycles. The SMILES string of the molecule is CC(C)(C)OC(=O)N[C@H](Cc1ccc(F)cc1F)C(=O)N[C@@H]1CN(CC2CC2)c2ccccc2N(CC(F)(F)F)C1=O. The first-order valence-corrected chi connectivity index (χ1v) is 13.6. The molecule has 1 saturated carbocycles. The summed E-state index contributed by atoms with van der Waals surface area (Å²) in [6, 6.07) is 6.01. The van der Waals surface area contributed by atoms with Crippen molar-refractivity contribution in [3.05, 3.63) is 59.7 Å². The molecule has 1 fully saturated rings. The smallest absolute Gasteiger partial charge is 0.408 e. The molecule has 0 spiro atoms. The molecule has 2 aliphatic rings. The lowest BCUT2D eigenvalue weighted by Crippen LogP contribution is -2.58. The van der Waals surface area contributed by atoms with Crippen LogP contribution in [0.15, 0.2) is 42.5 Å². The zero-order valence-electron chi connectivity index (χ0n) is 23.4. The molecule has 8 nitrogen and oxygen atoms in total. The summed E-state index contributed by atoms with van der Waals surface area (Å²) in [5, 5.41) is 4.85. The highest BCUT2D eigenvalue weighted by atomic mass is 19.4. The van der Waals surface area contributed by atoms with E-state index >= 15 is 0 Å². The molecule has 3 amide bonds. The first-order chi connectivity index (χ1) is 19.6. The van der Waals surface area contributed by atoms with Crippen LogP contribution < -0.4 is 20.4 Å². The molecule has 4 rings (SSSR count). The summed E-state index contributed by atoms with van der Waals surface area (Å²) >= 11 is 0. The third-order valence-corrected chi connectivity index (χ3v) is 6.76. The highest BCUT2D eigenvalue weighted by Crippen LogP contribution is 2.38. The average molecular weight is 597 g/mol. The van der Waals surface area contributed by atoms with E-state index in [9.17, 15) is 36.3 Å². The number of benzene rings is 2. The van der Waals surface area contributed by atoms with Crippen LogP contribution in [0.5, 0.6) is 0 Å². The number of nitrogens with one attached hydrogen (secondary N) is 2. The number of nitrogens with zero attached hydrogens (tertiary/aromatic N) is 2. The number of amides is 3. The number of rotatable bonds is 8. The van der Waals surface area contributed by atoms with E-state index in [1.165, 1.54) is 12.1 Å². The number of halogens is 5. The quantitative estimate of drug-likeness (QED) is 0.431. The number of alkyl carbamates (subject to hydrolysis) is 1. The minimum Gasteiger partial charge on any atom is -0.444 e. The molecule has 0 aromatic heterocycles. The summed E-state index contributed by atoms with van der Waals surface area (Å²) in [6.45, 7) is 3.53. The molecule has 0 radical (unpaired) electrons. The van der Waals surface area contributed by atoms with Crippen LogP contribution in [0.1, 0.15) is 39.2 Å². The second-order valence-corrected chi connectivity index (χ2v) is 11.6. The van der Waals surface area contributed by atoms with Gasteiger partial charge < -0.3 is 20.3 Å². The summed E-state index contributed by atoms with van der Waals surface area (Å²) in [5.74, 6) is -3.46. The Morgan fingerprint density at radius 1 is 1.05 bits per heavy atom. The van der Waals surface area contributed by atoms with Gasteiger partial charge in [-0.1, -0.05) is 18.2 Å². The van der Waals surface area contributed by atoms with Gasteiger partial charge in [0.1, 0.15) is 35.9 Å². The molecular weight excluding hydrogens is 563 g/mol. The maximum absolute atomic E-state index is 14.5. The van der Waals surface area contributed by atoms with Crippen molar-refractivity contribution in [1.82, 2.24) is 10.6 Å². The Balaban J connectivity index is 1.64. The monoisotopic (exact) mass is 596 g/mol. The number of ether oxygens (including phenoxy) is 1. The number of carbonyl (C=O) groups is 3. The van der Waals surface area contributed by atoms with Crippen molar-refractivity contribution in [3.8, 4) is 0 Å². The first-order valence-electron chi connectivity index (χ1n) is 13.6. The Bertz CT molecular complexity index is 1330. The van der Waals surface area contributed by atoms with E-state index in [1.807, 2.05) is 0 Å². The zero-order chi connectivity index (χ0) is 30.8. The third kappa shape index (κ3) is 8.32. The van der Waals surface area contributed by atoms with Crippen molar-refractivity contribution in [1.29, 1.82) is 0 Å². The molecule has 1 aliphatic carbocycles. The molecule has 0 saturated heterocycles. The van der Waals surface area contributed by atoms with Crippen molar-refractivity contribution >= 4 is 29.3 Å². The second kappa shape index (κ2) is 12.1. The van der Waals surface area contributed by atoms with Crippen LogP contribution >= 0.6 is 0 Å². The molecule has 0 unspecified atom stereocenters. The van der Waals surface area contributed by atoms with Crippen LogP contribution in [0, 0.1) is 17.6 Å². The van der Waals surface area contributed by atoms with E-state index in [0.29, 0.717) is 29.1 Å². The van der Waals surface area contributed by atoms with Gasteiger partial charge in [-0.2, -0.15) is 13.2 Å². The zero-order valence-corrected chi connectivity index (χ0v) is 23.4. The summed E-state index contributed by atoms with van der Waals surface area (Å²) in [6.07, 6.45) is -4.33. The second-order valence-electron chi connectivity index (χ2n) is 11.6. The summed E-state index contributed by atoms with van der Waals surface area (Å²) in [4.78, 5) is 42.1. The van der Waals surface area contributed by atoms with Crippen LogP contribution in [-0.2, 0) is 20.7 Å². The van der Waals surface area contributed by atoms with Crippen molar-refractivity contribution in [2.24, 2.45) is 5.92 Å². The number of para-hydroxylation sites is 2. The summed E-state index contributed by atoms with van der Waals surface area (Å²) in [7, 11) is 0. The Labute approximate surface area is 240 Å². The predicted molar refractivity (Wildman–Crippen MR) is 145 cm³/mol. The van der Waals surface area contributed by atoms with Crippen molar-refractivity contribution in [2.45, 2.75) is 63.9 Å². The summed E-state index contributed by atoms with van der Waals surface area (Å²) < 4.78 is 74.2. The van der Waals surface area contributed by atoms with E-state index in [2.05, 4.69) is 10.6 Å². The minimum absolute atomic E-state index is 0.0639. The number of alkyl halides is 3. The Morgan fingerprint density at radius 3 is 2.31 bits per heavy atom. The minimum atomic E-state index is -4.73. The number of hydrogen-bond acceptors (Lipinski definition) is 5. The standard InChI is InChI=1S/C29H33F5N4O4/c1-28(2,3)42-27(41)36-21(12-18-10-11-19(30)13-20(18)31)25(39)35-22-15-37(14-17-8-9-17)23-6-4-5-7-24(23)38(26(22)40)16-29(32,33)34/h4-7,10-11,13,17,21-22H,8-9,12,14-16H2,1-3H3,(H,35,39)(H,36,41)/t21-,22-/m1/s1. The fraction of sp³-hybridized carbons (Fsp3) is 0.483. The van der Waals surface area contributed by atoms with E-state index in [0.717, 1.165) is 25.0 Å². The van der Waals surface area contributed by atoms with Crippen LogP contribution in [0.4, 0.5) is 38.1 Å². The van der Waals surface area contributed by atoms with Crippen molar-refractivity contribution in [2.75, 3.05) is 29.4 Å². The molecule has 2 atom stereocenters. The van der Waals surface area contributed by atoms with Crippen LogP contribution in [0.3, 0.4) is 0 Å². The third-order valence-electron chi connectivity index (χ3n) is 6.76. The largest absolute Gasteiger partial charge is 0.444 e. The van der Waals surface area contributed by atoms with Gasteiger partial charge in [-0.3, -0.25) is 14.5 Å². The van der Waals surface area contributed by atoms with Gasteiger partial charge in [0.15, 0.2) is 0 Å². The number of hydrogen-bond donors (Lipinski definition) is 2. The van der Waals surface area contributed by atoms with Crippen molar-refractivity contribution in [3.63, 3.8) is 0 Å². The van der Waals surface area contributed by atoms with Gasteiger partial charge >= 0.3 is 12.3 Å². The Hall–Kier alpha value is -3.90. The number of anilines is 2. The number of carbonyl (C=O) groups excluding carboxylic acids is 3. The van der Waals surface area contributed by atoms with E-state index in [1.54, 1.807) is 37.8 Å². The van der Waals surface area contributed by atoms with Gasteiger partial charge in [-0.15, -0.1) is 0 Å². The Morgan fingerprint density at radius 2 is 1.71 bits per heavy atom. The maximum Gasteiger partial charge on any atom is 0.408 e. The van der Waals surface area contributed by atoms with Crippen LogP contribution in [0.25, 0.3) is 0 Å². The van der Waals surface area contributed by atoms with Crippen LogP contribution in [0.2, 0.25) is 0 Å². The molecule has 1 heterocycles. The van der Waals surface area contributed by atoms with E-state index < -0.39 is 66.4 Å². The van der Waals surface area contributed by atoms with Crippen molar-refractivity contribution < 1.29 is 41.1 Å². The normalized spacial score (nSPS) is 18.2. The topological polar surface area (TPSA) is 91.0 Å². The number of fused-ring (bicyclic) bond motifs is 1. The lowest BCUT2D eigenvalue weighted by Gasteiger charge is -2.28. The highest BCUT2D eigenvalue weighted by molar-refractivity contribution is 6.04. The van der Waals surface area contributed by atoms with E-state index in [-0.39, 0.29) is 17.8 Å². The van der Waals surface area contributed by atoms with Crippen LogP contribution in [-0.4, -0.2) is 61.4 Å². The fourth-order valence-electron chi connectivity index (χ4n) is 4.74. The lowest BCUT2D eigenvalue weighted by atomic mass is 10.0. The van der Waals surface area contributed by atoms with Gasteiger partial charge in [-0.05, 0) is 63.3 Å². The molecule has 2 N–H and O–H groups in total. The lowest BCUT2D eigenvalue weighted by molar-refractivity contribution is -0.135. The molecular formula is C29H33F5N4O4. The molecule has 13 heteroatoms. The molecule has 2 aromatic rings. The van der Waals surface area contributed by atoms with Gasteiger partial charge in [0.2, 0.25) is 5.91 Å². The summed E-state index contributed by atoms with van der Waals surface area (Å²) in [5.41, 5.74) is -0.567. The predicted octanol–water partition coefficient (Wildman–Crippen LogP) is 4.71. The highest BCUT2D eigenvalue weighted by Gasteiger charge is 2.42. The molecule has 0 bridgehead atoms.